The highest BCUT2D eigenvalue weighted by Crippen LogP contribution is 2.22. The Labute approximate surface area is 85.5 Å². The molecule has 0 saturated carbocycles. The van der Waals surface area contributed by atoms with Crippen molar-refractivity contribution < 1.29 is 4.42 Å². The Hall–Kier alpha value is -2.03. The summed E-state index contributed by atoms with van der Waals surface area (Å²) < 4.78 is 7.02. The van der Waals surface area contributed by atoms with Gasteiger partial charge in [0.1, 0.15) is 11.1 Å². The highest BCUT2D eigenvalue weighted by molar-refractivity contribution is 6.03. The van der Waals surface area contributed by atoms with E-state index in [2.05, 4.69) is 0 Å². The van der Waals surface area contributed by atoms with Crippen molar-refractivity contribution in [1.29, 1.82) is 0 Å². The van der Waals surface area contributed by atoms with Gasteiger partial charge in [0.25, 0.3) is 0 Å². The first-order valence-corrected chi connectivity index (χ1v) is 4.74. The van der Waals surface area contributed by atoms with Crippen LogP contribution in [0.15, 0.2) is 45.7 Å². The third-order valence-electron chi connectivity index (χ3n) is 2.65. The molecule has 2 aromatic heterocycles. The third-order valence-corrected chi connectivity index (χ3v) is 2.65. The molecule has 0 N–H and O–H groups in total. The summed E-state index contributed by atoms with van der Waals surface area (Å²) in [5.74, 6) is 0. The largest absolute Gasteiger partial charge is 0.421 e. The zero-order valence-corrected chi connectivity index (χ0v) is 8.23. The molecule has 15 heavy (non-hydrogen) atoms. The monoisotopic (exact) mass is 199 g/mol. The first-order chi connectivity index (χ1) is 7.27. The van der Waals surface area contributed by atoms with Crippen LogP contribution in [0.25, 0.3) is 21.9 Å². The predicted molar refractivity (Wildman–Crippen MR) is 59.0 cm³/mol. The van der Waals surface area contributed by atoms with E-state index in [1.54, 1.807) is 4.57 Å². The van der Waals surface area contributed by atoms with Crippen molar-refractivity contribution in [3.05, 3.63) is 46.9 Å². The summed E-state index contributed by atoms with van der Waals surface area (Å²) in [7, 11) is 1.84. The molecule has 0 atom stereocenters. The van der Waals surface area contributed by atoms with E-state index >= 15 is 0 Å². The number of fused-ring (bicyclic) bond motifs is 3. The van der Waals surface area contributed by atoms with E-state index in [0.29, 0.717) is 11.1 Å². The van der Waals surface area contributed by atoms with Crippen LogP contribution < -0.4 is 5.63 Å². The Bertz CT molecular complexity index is 706. The molecule has 0 spiro atoms. The van der Waals surface area contributed by atoms with Gasteiger partial charge >= 0.3 is 5.63 Å². The van der Waals surface area contributed by atoms with Crippen molar-refractivity contribution in [1.82, 2.24) is 4.57 Å². The standard InChI is InChI=1S/C12H9NO2/c1-13-7-6-9-8-4-2-3-5-10(8)15-12(14)11(9)13/h2-7H,1H3. The number of nitrogens with zero attached hydrogens (tertiary/aromatic N) is 1. The maximum Gasteiger partial charge on any atom is 0.361 e. The zero-order chi connectivity index (χ0) is 10.4. The molecule has 3 aromatic rings. The minimum atomic E-state index is -0.281. The van der Waals surface area contributed by atoms with Gasteiger partial charge in [-0.2, -0.15) is 0 Å². The number of aromatic nitrogens is 1. The third kappa shape index (κ3) is 1.03. The maximum absolute atomic E-state index is 11.7. The average molecular weight is 199 g/mol. The molecule has 1 aromatic carbocycles. The lowest BCUT2D eigenvalue weighted by Crippen LogP contribution is -2.03. The van der Waals surface area contributed by atoms with E-state index in [9.17, 15) is 4.79 Å². The molecule has 0 saturated heterocycles. The minimum Gasteiger partial charge on any atom is -0.421 e. The first-order valence-electron chi connectivity index (χ1n) is 4.74. The molecule has 3 heteroatoms. The van der Waals surface area contributed by atoms with Gasteiger partial charge in [-0.25, -0.2) is 4.79 Å². The van der Waals surface area contributed by atoms with Gasteiger partial charge in [0.2, 0.25) is 0 Å². The van der Waals surface area contributed by atoms with Gasteiger partial charge in [0.05, 0.1) is 0 Å². The van der Waals surface area contributed by atoms with Gasteiger partial charge in [-0.05, 0) is 12.1 Å². The molecule has 0 amide bonds. The van der Waals surface area contributed by atoms with E-state index < -0.39 is 0 Å². The lowest BCUT2D eigenvalue weighted by molar-refractivity contribution is 0.565. The molecule has 2 heterocycles. The summed E-state index contributed by atoms with van der Waals surface area (Å²) in [4.78, 5) is 11.7. The normalized spacial score (nSPS) is 11.3. The van der Waals surface area contributed by atoms with Crippen LogP contribution >= 0.6 is 0 Å². The number of benzene rings is 1. The summed E-state index contributed by atoms with van der Waals surface area (Å²) in [6.45, 7) is 0. The highest BCUT2D eigenvalue weighted by atomic mass is 16.4. The Kier molecular flexibility index (Phi) is 1.51. The lowest BCUT2D eigenvalue weighted by Gasteiger charge is -1.98. The molecule has 3 nitrogen and oxygen atoms in total. The van der Waals surface area contributed by atoms with E-state index in [4.69, 9.17) is 4.42 Å². The smallest absolute Gasteiger partial charge is 0.361 e. The minimum absolute atomic E-state index is 0.281. The Morgan fingerprint density at radius 2 is 1.93 bits per heavy atom. The second-order valence-electron chi connectivity index (χ2n) is 3.57. The van der Waals surface area contributed by atoms with E-state index in [0.717, 1.165) is 10.8 Å². The summed E-state index contributed by atoms with van der Waals surface area (Å²) >= 11 is 0. The molecule has 0 aliphatic rings. The average Bonchev–Trinajstić information content (AvgIpc) is 2.62. The second-order valence-corrected chi connectivity index (χ2v) is 3.57. The van der Waals surface area contributed by atoms with Crippen LogP contribution in [0.2, 0.25) is 0 Å². The summed E-state index contributed by atoms with van der Waals surface area (Å²) in [6.07, 6.45) is 1.87. The predicted octanol–water partition coefficient (Wildman–Crippen LogP) is 2.28. The van der Waals surface area contributed by atoms with Crippen molar-refractivity contribution in [2.24, 2.45) is 7.05 Å². The van der Waals surface area contributed by atoms with Crippen molar-refractivity contribution in [3.63, 3.8) is 0 Å². The Morgan fingerprint density at radius 3 is 2.80 bits per heavy atom. The van der Waals surface area contributed by atoms with E-state index in [1.807, 2.05) is 43.6 Å². The fraction of sp³-hybridized carbons (Fsp3) is 0.0833. The van der Waals surface area contributed by atoms with Gasteiger partial charge in [0, 0.05) is 24.0 Å². The van der Waals surface area contributed by atoms with Gasteiger partial charge in [0.15, 0.2) is 0 Å². The van der Waals surface area contributed by atoms with Crippen LogP contribution in [0.1, 0.15) is 0 Å². The quantitative estimate of drug-likeness (QED) is 0.520. The van der Waals surface area contributed by atoms with E-state index in [1.165, 1.54) is 0 Å². The molecular formula is C12H9NO2. The van der Waals surface area contributed by atoms with Crippen molar-refractivity contribution in [2.75, 3.05) is 0 Å². The van der Waals surface area contributed by atoms with Crippen molar-refractivity contribution >= 4 is 21.9 Å². The van der Waals surface area contributed by atoms with Crippen molar-refractivity contribution in [3.8, 4) is 0 Å². The summed E-state index contributed by atoms with van der Waals surface area (Å²) in [6, 6.07) is 9.51. The fourth-order valence-corrected chi connectivity index (χ4v) is 1.93. The zero-order valence-electron chi connectivity index (χ0n) is 8.23. The molecule has 0 aliphatic carbocycles. The molecule has 0 bridgehead atoms. The Morgan fingerprint density at radius 1 is 1.13 bits per heavy atom. The number of hydrogen-bond donors (Lipinski definition) is 0. The second kappa shape index (κ2) is 2.73. The first kappa shape index (κ1) is 8.29. The van der Waals surface area contributed by atoms with Crippen LogP contribution in [0.5, 0.6) is 0 Å². The van der Waals surface area contributed by atoms with Crippen LogP contribution in [0.4, 0.5) is 0 Å². The fourth-order valence-electron chi connectivity index (χ4n) is 1.93. The lowest BCUT2D eigenvalue weighted by atomic mass is 10.2. The summed E-state index contributed by atoms with van der Waals surface area (Å²) in [5, 5.41) is 1.93. The van der Waals surface area contributed by atoms with Gasteiger partial charge in [-0.3, -0.25) is 0 Å². The molecule has 0 unspecified atom stereocenters. The Balaban J connectivity index is 2.71. The summed E-state index contributed by atoms with van der Waals surface area (Å²) in [5.41, 5.74) is 0.978. The van der Waals surface area contributed by atoms with Crippen LogP contribution in [0.3, 0.4) is 0 Å². The molecule has 0 radical (unpaired) electrons. The molecule has 3 rings (SSSR count). The van der Waals surface area contributed by atoms with Gasteiger partial charge in [-0.15, -0.1) is 0 Å². The van der Waals surface area contributed by atoms with E-state index in [-0.39, 0.29) is 5.63 Å². The number of para-hydroxylation sites is 1. The maximum atomic E-state index is 11.7. The highest BCUT2D eigenvalue weighted by Gasteiger charge is 2.08. The van der Waals surface area contributed by atoms with Crippen LogP contribution in [0, 0.1) is 0 Å². The molecule has 0 aliphatic heterocycles. The molecule has 74 valence electrons. The SMILES string of the molecule is Cn1ccc2c3ccccc3oc(=O)c21. The molecule has 0 fully saturated rings. The molecular weight excluding hydrogens is 190 g/mol. The van der Waals surface area contributed by atoms with Gasteiger partial charge in [-0.1, -0.05) is 18.2 Å². The number of aryl methyl sites for hydroxylation is 1. The van der Waals surface area contributed by atoms with Crippen LogP contribution in [-0.2, 0) is 7.05 Å². The topological polar surface area (TPSA) is 35.1 Å². The van der Waals surface area contributed by atoms with Crippen molar-refractivity contribution in [2.45, 2.75) is 0 Å². The van der Waals surface area contributed by atoms with Crippen LogP contribution in [-0.4, -0.2) is 4.57 Å². The number of rotatable bonds is 0. The van der Waals surface area contributed by atoms with Gasteiger partial charge < -0.3 is 8.98 Å². The number of hydrogen-bond acceptors (Lipinski definition) is 2.